The van der Waals surface area contributed by atoms with Crippen LogP contribution in [-0.4, -0.2) is 29.3 Å². The van der Waals surface area contributed by atoms with E-state index in [-0.39, 0.29) is 6.10 Å². The molecule has 66 valence electrons. The Bertz CT molecular complexity index is 217. The van der Waals surface area contributed by atoms with E-state index in [9.17, 15) is 0 Å². The van der Waals surface area contributed by atoms with Crippen molar-refractivity contribution < 1.29 is 9.47 Å². The van der Waals surface area contributed by atoms with Crippen molar-refractivity contribution in [3.05, 3.63) is 18.5 Å². The van der Waals surface area contributed by atoms with E-state index in [4.69, 9.17) is 9.47 Å². The van der Waals surface area contributed by atoms with E-state index in [1.807, 2.05) is 16.9 Å². The molecule has 1 atom stereocenters. The Balaban J connectivity index is 1.86. The molecule has 2 rings (SSSR count). The highest BCUT2D eigenvalue weighted by atomic mass is 16.7. The van der Waals surface area contributed by atoms with E-state index in [0.717, 1.165) is 19.6 Å². The lowest BCUT2D eigenvalue weighted by molar-refractivity contribution is -0.143. The molecule has 1 fully saturated rings. The standard InChI is InChI=1S/C8H12N2O2/c1-3-9-10(4-1)6-8-2-5-11-7-12-8/h1,3-4,8H,2,5-7H2. The first-order chi connectivity index (χ1) is 5.95. The fourth-order valence-electron chi connectivity index (χ4n) is 1.26. The molecule has 4 nitrogen and oxygen atoms in total. The Morgan fingerprint density at radius 3 is 3.25 bits per heavy atom. The lowest BCUT2D eigenvalue weighted by atomic mass is 10.2. The monoisotopic (exact) mass is 168 g/mol. The molecule has 0 bridgehead atoms. The summed E-state index contributed by atoms with van der Waals surface area (Å²) in [6.45, 7) is 2.05. The van der Waals surface area contributed by atoms with Crippen molar-refractivity contribution in [2.75, 3.05) is 13.4 Å². The molecule has 1 aromatic heterocycles. The quantitative estimate of drug-likeness (QED) is 0.650. The Morgan fingerprint density at radius 1 is 1.58 bits per heavy atom. The van der Waals surface area contributed by atoms with Crippen molar-refractivity contribution in [3.63, 3.8) is 0 Å². The zero-order valence-corrected chi connectivity index (χ0v) is 6.85. The van der Waals surface area contributed by atoms with E-state index < -0.39 is 0 Å². The summed E-state index contributed by atoms with van der Waals surface area (Å²) in [5, 5.41) is 4.11. The van der Waals surface area contributed by atoms with Crippen LogP contribution < -0.4 is 0 Å². The first-order valence-corrected chi connectivity index (χ1v) is 4.12. The van der Waals surface area contributed by atoms with Crippen LogP contribution in [-0.2, 0) is 16.0 Å². The van der Waals surface area contributed by atoms with Crippen molar-refractivity contribution in [1.29, 1.82) is 0 Å². The lowest BCUT2D eigenvalue weighted by Gasteiger charge is -2.22. The van der Waals surface area contributed by atoms with Gasteiger partial charge in [-0.2, -0.15) is 5.10 Å². The van der Waals surface area contributed by atoms with Gasteiger partial charge in [-0.25, -0.2) is 0 Å². The van der Waals surface area contributed by atoms with Gasteiger partial charge in [0.15, 0.2) is 0 Å². The fourth-order valence-corrected chi connectivity index (χ4v) is 1.26. The van der Waals surface area contributed by atoms with Gasteiger partial charge >= 0.3 is 0 Å². The molecule has 0 saturated carbocycles. The van der Waals surface area contributed by atoms with Gasteiger partial charge in [0, 0.05) is 12.4 Å². The molecule has 2 heterocycles. The molecule has 1 unspecified atom stereocenters. The summed E-state index contributed by atoms with van der Waals surface area (Å²) >= 11 is 0. The first kappa shape index (κ1) is 7.76. The molecule has 1 aromatic rings. The average molecular weight is 168 g/mol. The van der Waals surface area contributed by atoms with Crippen molar-refractivity contribution in [1.82, 2.24) is 9.78 Å². The third-order valence-electron chi connectivity index (χ3n) is 1.92. The topological polar surface area (TPSA) is 36.3 Å². The smallest absolute Gasteiger partial charge is 0.147 e. The van der Waals surface area contributed by atoms with Gasteiger partial charge in [0.1, 0.15) is 6.79 Å². The maximum atomic E-state index is 5.37. The Morgan fingerprint density at radius 2 is 2.58 bits per heavy atom. The Labute approximate surface area is 71.1 Å². The van der Waals surface area contributed by atoms with Crippen molar-refractivity contribution in [2.45, 2.75) is 19.1 Å². The summed E-state index contributed by atoms with van der Waals surface area (Å²) in [7, 11) is 0. The predicted molar refractivity (Wildman–Crippen MR) is 42.5 cm³/mol. The number of hydrogen-bond acceptors (Lipinski definition) is 3. The summed E-state index contributed by atoms with van der Waals surface area (Å²) in [4.78, 5) is 0. The van der Waals surface area contributed by atoms with Crippen molar-refractivity contribution >= 4 is 0 Å². The normalized spacial score (nSPS) is 24.2. The minimum atomic E-state index is 0.263. The lowest BCUT2D eigenvalue weighted by Crippen LogP contribution is -2.28. The highest BCUT2D eigenvalue weighted by Crippen LogP contribution is 2.07. The molecule has 0 aromatic carbocycles. The number of hydrogen-bond donors (Lipinski definition) is 0. The zero-order valence-electron chi connectivity index (χ0n) is 6.85. The molecule has 12 heavy (non-hydrogen) atoms. The van der Waals surface area contributed by atoms with E-state index >= 15 is 0 Å². The minimum absolute atomic E-state index is 0.263. The van der Waals surface area contributed by atoms with E-state index in [0.29, 0.717) is 6.79 Å². The molecule has 0 spiro atoms. The second-order valence-electron chi connectivity index (χ2n) is 2.83. The number of ether oxygens (including phenoxy) is 2. The summed E-state index contributed by atoms with van der Waals surface area (Å²) in [6, 6.07) is 1.92. The van der Waals surface area contributed by atoms with Crippen LogP contribution in [0.4, 0.5) is 0 Å². The van der Waals surface area contributed by atoms with Gasteiger partial charge in [0.2, 0.25) is 0 Å². The van der Waals surface area contributed by atoms with Gasteiger partial charge < -0.3 is 9.47 Å². The SMILES string of the molecule is c1cnn(CC2CCOCO2)c1. The van der Waals surface area contributed by atoms with Gasteiger partial charge in [-0.3, -0.25) is 4.68 Å². The minimum Gasteiger partial charge on any atom is -0.355 e. The number of nitrogens with zero attached hydrogens (tertiary/aromatic N) is 2. The van der Waals surface area contributed by atoms with Gasteiger partial charge in [-0.1, -0.05) is 0 Å². The first-order valence-electron chi connectivity index (χ1n) is 4.12. The van der Waals surface area contributed by atoms with Gasteiger partial charge in [0.25, 0.3) is 0 Å². The van der Waals surface area contributed by atoms with Crippen LogP contribution in [0, 0.1) is 0 Å². The van der Waals surface area contributed by atoms with Crippen LogP contribution >= 0.6 is 0 Å². The van der Waals surface area contributed by atoms with Gasteiger partial charge in [0.05, 0.1) is 19.3 Å². The maximum Gasteiger partial charge on any atom is 0.147 e. The van der Waals surface area contributed by atoms with E-state index in [1.165, 1.54) is 0 Å². The van der Waals surface area contributed by atoms with E-state index in [2.05, 4.69) is 5.10 Å². The maximum absolute atomic E-state index is 5.37. The van der Waals surface area contributed by atoms with Crippen molar-refractivity contribution in [2.24, 2.45) is 0 Å². The average Bonchev–Trinajstić information content (AvgIpc) is 2.59. The highest BCUT2D eigenvalue weighted by molar-refractivity contribution is 4.78. The van der Waals surface area contributed by atoms with E-state index in [1.54, 1.807) is 6.20 Å². The summed E-state index contributed by atoms with van der Waals surface area (Å²) in [5.41, 5.74) is 0. The predicted octanol–water partition coefficient (Wildman–Crippen LogP) is 0.646. The van der Waals surface area contributed by atoms with Crippen LogP contribution in [0.15, 0.2) is 18.5 Å². The molecule has 0 aliphatic carbocycles. The van der Waals surface area contributed by atoms with Crippen LogP contribution in [0.5, 0.6) is 0 Å². The number of rotatable bonds is 2. The molecule has 0 amide bonds. The Kier molecular flexibility index (Phi) is 2.39. The number of aromatic nitrogens is 2. The van der Waals surface area contributed by atoms with Crippen LogP contribution in [0.3, 0.4) is 0 Å². The van der Waals surface area contributed by atoms with Crippen molar-refractivity contribution in [3.8, 4) is 0 Å². The highest BCUT2D eigenvalue weighted by Gasteiger charge is 2.14. The summed E-state index contributed by atoms with van der Waals surface area (Å²) in [6.07, 6.45) is 4.94. The summed E-state index contributed by atoms with van der Waals surface area (Å²) < 4.78 is 12.3. The molecule has 0 radical (unpaired) electrons. The second kappa shape index (κ2) is 3.69. The zero-order chi connectivity index (χ0) is 8.23. The van der Waals surface area contributed by atoms with Crippen LogP contribution in [0.1, 0.15) is 6.42 Å². The molecule has 0 N–H and O–H groups in total. The Hall–Kier alpha value is -0.870. The van der Waals surface area contributed by atoms with Crippen LogP contribution in [0.2, 0.25) is 0 Å². The van der Waals surface area contributed by atoms with Crippen LogP contribution in [0.25, 0.3) is 0 Å². The molecule has 1 aliphatic heterocycles. The molecule has 1 saturated heterocycles. The molecular formula is C8H12N2O2. The third kappa shape index (κ3) is 1.84. The van der Waals surface area contributed by atoms with Gasteiger partial charge in [-0.15, -0.1) is 0 Å². The van der Waals surface area contributed by atoms with Gasteiger partial charge in [-0.05, 0) is 12.5 Å². The second-order valence-corrected chi connectivity index (χ2v) is 2.83. The fraction of sp³-hybridized carbons (Fsp3) is 0.625. The largest absolute Gasteiger partial charge is 0.355 e. The summed E-state index contributed by atoms with van der Waals surface area (Å²) in [5.74, 6) is 0. The third-order valence-corrected chi connectivity index (χ3v) is 1.92. The molecule has 4 heteroatoms. The molecule has 1 aliphatic rings. The molecular weight excluding hydrogens is 156 g/mol.